The second-order valence-electron chi connectivity index (χ2n) is 7.60. The maximum absolute atomic E-state index is 12.6. The van der Waals surface area contributed by atoms with Gasteiger partial charge in [-0.1, -0.05) is 18.2 Å². The number of hydrogen-bond donors (Lipinski definition) is 1. The highest BCUT2D eigenvalue weighted by molar-refractivity contribution is 7.99. The minimum Gasteiger partial charge on any atom is -0.457 e. The number of carbonyl (C=O) groups excluding carboxylic acids is 3. The summed E-state index contributed by atoms with van der Waals surface area (Å²) in [6, 6.07) is 12.9. The van der Waals surface area contributed by atoms with Crippen LogP contribution in [0.2, 0.25) is 0 Å². The van der Waals surface area contributed by atoms with Gasteiger partial charge in [-0.15, -0.1) is 11.8 Å². The van der Waals surface area contributed by atoms with Crippen LogP contribution in [-0.2, 0) is 19.7 Å². The highest BCUT2D eigenvalue weighted by Gasteiger charge is 2.38. The molecule has 1 amide bonds. The van der Waals surface area contributed by atoms with E-state index in [1.807, 2.05) is 38.1 Å². The van der Waals surface area contributed by atoms with E-state index in [2.05, 4.69) is 5.32 Å². The summed E-state index contributed by atoms with van der Waals surface area (Å²) in [5.41, 5.74) is 2.23. The molecule has 2 aromatic rings. The molecule has 1 atom stereocenters. The molecule has 6 heteroatoms. The van der Waals surface area contributed by atoms with E-state index in [9.17, 15) is 14.4 Å². The van der Waals surface area contributed by atoms with Crippen LogP contribution in [0.15, 0.2) is 47.4 Å². The standard InChI is InChI=1S/C22H21NO4S/c1-22(2)16-11-13(7-8-17(16)23-21(22)26)18(24)12-27-20(25)15-9-10-28-19-6-4-3-5-14(15)19/h3-8,11,15H,9-10,12H2,1-2H3,(H,23,26). The van der Waals surface area contributed by atoms with E-state index in [1.165, 1.54) is 0 Å². The van der Waals surface area contributed by atoms with E-state index in [0.29, 0.717) is 12.0 Å². The Morgan fingerprint density at radius 1 is 1.21 bits per heavy atom. The van der Waals surface area contributed by atoms with Gasteiger partial charge in [-0.05, 0) is 61.4 Å². The molecular weight excluding hydrogens is 374 g/mol. The van der Waals surface area contributed by atoms with E-state index < -0.39 is 5.41 Å². The molecule has 0 spiro atoms. The van der Waals surface area contributed by atoms with Gasteiger partial charge in [-0.3, -0.25) is 14.4 Å². The number of ketones is 1. The molecule has 28 heavy (non-hydrogen) atoms. The molecule has 0 saturated carbocycles. The molecule has 144 valence electrons. The maximum atomic E-state index is 12.6. The number of esters is 1. The van der Waals surface area contributed by atoms with Crippen LogP contribution >= 0.6 is 11.8 Å². The summed E-state index contributed by atoms with van der Waals surface area (Å²) in [6.07, 6.45) is 0.704. The monoisotopic (exact) mass is 395 g/mol. The average Bonchev–Trinajstić information content (AvgIpc) is 2.93. The molecule has 0 aliphatic carbocycles. The van der Waals surface area contributed by atoms with Crippen molar-refractivity contribution in [3.8, 4) is 0 Å². The molecule has 0 radical (unpaired) electrons. The Bertz CT molecular complexity index is 982. The van der Waals surface area contributed by atoms with Gasteiger partial charge in [-0.25, -0.2) is 0 Å². The van der Waals surface area contributed by atoms with Gasteiger partial charge in [0.25, 0.3) is 0 Å². The number of carbonyl (C=O) groups is 3. The summed E-state index contributed by atoms with van der Waals surface area (Å²) in [5.74, 6) is -0.200. The topological polar surface area (TPSA) is 72.5 Å². The first-order chi connectivity index (χ1) is 13.4. The molecule has 2 aromatic carbocycles. The lowest BCUT2D eigenvalue weighted by molar-refractivity contribution is -0.144. The average molecular weight is 395 g/mol. The number of amides is 1. The fourth-order valence-corrected chi connectivity index (χ4v) is 4.78. The zero-order chi connectivity index (χ0) is 19.9. The Balaban J connectivity index is 1.45. The number of thioether (sulfide) groups is 1. The lowest BCUT2D eigenvalue weighted by Crippen LogP contribution is -2.27. The van der Waals surface area contributed by atoms with Crippen LogP contribution in [-0.4, -0.2) is 30.0 Å². The molecule has 5 nitrogen and oxygen atoms in total. The molecule has 2 heterocycles. The molecule has 2 aliphatic heterocycles. The van der Waals surface area contributed by atoms with Crippen molar-refractivity contribution in [1.82, 2.24) is 0 Å². The highest BCUT2D eigenvalue weighted by atomic mass is 32.2. The Labute approximate surface area is 167 Å². The maximum Gasteiger partial charge on any atom is 0.313 e. The fourth-order valence-electron chi connectivity index (χ4n) is 3.65. The molecule has 0 saturated heterocycles. The van der Waals surface area contributed by atoms with Gasteiger partial charge in [0.2, 0.25) is 5.91 Å². The Morgan fingerprint density at radius 2 is 2.00 bits per heavy atom. The summed E-state index contributed by atoms with van der Waals surface area (Å²) >= 11 is 1.73. The Kier molecular flexibility index (Phi) is 4.75. The van der Waals surface area contributed by atoms with Crippen LogP contribution < -0.4 is 5.32 Å². The van der Waals surface area contributed by atoms with Gasteiger partial charge in [0.15, 0.2) is 12.4 Å². The summed E-state index contributed by atoms with van der Waals surface area (Å²) in [4.78, 5) is 38.3. The van der Waals surface area contributed by atoms with Crippen LogP contribution in [0.1, 0.15) is 47.7 Å². The minimum absolute atomic E-state index is 0.0904. The zero-order valence-electron chi connectivity index (χ0n) is 15.8. The van der Waals surface area contributed by atoms with Crippen LogP contribution in [0.5, 0.6) is 0 Å². The van der Waals surface area contributed by atoms with Crippen molar-refractivity contribution in [1.29, 1.82) is 0 Å². The molecular formula is C22H21NO4S. The number of nitrogens with one attached hydrogen (secondary N) is 1. The van der Waals surface area contributed by atoms with Crippen molar-refractivity contribution >= 4 is 35.1 Å². The van der Waals surface area contributed by atoms with Crippen molar-refractivity contribution in [3.63, 3.8) is 0 Å². The molecule has 0 fully saturated rings. The van der Waals surface area contributed by atoms with Crippen LogP contribution in [0.4, 0.5) is 5.69 Å². The summed E-state index contributed by atoms with van der Waals surface area (Å²) < 4.78 is 5.37. The van der Waals surface area contributed by atoms with Crippen molar-refractivity contribution in [2.75, 3.05) is 17.7 Å². The van der Waals surface area contributed by atoms with E-state index in [4.69, 9.17) is 4.74 Å². The van der Waals surface area contributed by atoms with Gasteiger partial charge in [0.1, 0.15) is 0 Å². The first-order valence-electron chi connectivity index (χ1n) is 9.25. The van der Waals surface area contributed by atoms with Gasteiger partial charge in [0, 0.05) is 16.1 Å². The SMILES string of the molecule is CC1(C)C(=O)Nc2ccc(C(=O)COC(=O)C3CCSc4ccccc43)cc21. The van der Waals surface area contributed by atoms with Crippen LogP contribution in [0, 0.1) is 0 Å². The third-order valence-corrected chi connectivity index (χ3v) is 6.54. The van der Waals surface area contributed by atoms with Gasteiger partial charge in [-0.2, -0.15) is 0 Å². The quantitative estimate of drug-likeness (QED) is 0.627. The smallest absolute Gasteiger partial charge is 0.313 e. The summed E-state index contributed by atoms with van der Waals surface area (Å²) in [5, 5.41) is 2.82. The first kappa shape index (κ1) is 18.7. The number of hydrogen-bond acceptors (Lipinski definition) is 5. The second kappa shape index (κ2) is 7.09. The Hall–Kier alpha value is -2.60. The van der Waals surface area contributed by atoms with Crippen molar-refractivity contribution < 1.29 is 19.1 Å². The van der Waals surface area contributed by atoms with Crippen molar-refractivity contribution in [3.05, 3.63) is 59.2 Å². The van der Waals surface area contributed by atoms with Crippen molar-refractivity contribution in [2.24, 2.45) is 0 Å². The molecule has 1 N–H and O–H groups in total. The summed E-state index contributed by atoms with van der Waals surface area (Å²) in [7, 11) is 0. The lowest BCUT2D eigenvalue weighted by Gasteiger charge is -2.23. The first-order valence-corrected chi connectivity index (χ1v) is 10.2. The molecule has 0 aromatic heterocycles. The van der Waals surface area contributed by atoms with E-state index in [1.54, 1.807) is 30.0 Å². The lowest BCUT2D eigenvalue weighted by atomic mass is 9.85. The number of anilines is 1. The normalized spacial score (nSPS) is 19.4. The highest BCUT2D eigenvalue weighted by Crippen LogP contribution is 2.39. The molecule has 0 bridgehead atoms. The predicted molar refractivity (Wildman–Crippen MR) is 108 cm³/mol. The molecule has 1 unspecified atom stereocenters. The van der Waals surface area contributed by atoms with Crippen molar-refractivity contribution in [2.45, 2.75) is 36.5 Å². The minimum atomic E-state index is -0.689. The largest absolute Gasteiger partial charge is 0.457 e. The third kappa shape index (κ3) is 3.22. The fraction of sp³-hybridized carbons (Fsp3) is 0.318. The van der Waals surface area contributed by atoms with E-state index in [0.717, 1.165) is 27.5 Å². The molecule has 4 rings (SSSR count). The van der Waals surface area contributed by atoms with Crippen LogP contribution in [0.3, 0.4) is 0 Å². The predicted octanol–water partition coefficient (Wildman–Crippen LogP) is 3.92. The number of ether oxygens (including phenoxy) is 1. The third-order valence-electron chi connectivity index (χ3n) is 5.42. The Morgan fingerprint density at radius 3 is 2.82 bits per heavy atom. The van der Waals surface area contributed by atoms with Gasteiger partial charge in [0.05, 0.1) is 11.3 Å². The van der Waals surface area contributed by atoms with Crippen LogP contribution in [0.25, 0.3) is 0 Å². The number of fused-ring (bicyclic) bond motifs is 2. The van der Waals surface area contributed by atoms with E-state index >= 15 is 0 Å². The molecule has 2 aliphatic rings. The number of benzene rings is 2. The number of rotatable bonds is 4. The number of Topliss-reactive ketones (excluding diaryl/α,β-unsaturated/α-hetero) is 1. The second-order valence-corrected chi connectivity index (χ2v) is 8.73. The van der Waals surface area contributed by atoms with Gasteiger partial charge < -0.3 is 10.1 Å². The van der Waals surface area contributed by atoms with Gasteiger partial charge >= 0.3 is 5.97 Å². The van der Waals surface area contributed by atoms with E-state index in [-0.39, 0.29) is 30.2 Å². The zero-order valence-corrected chi connectivity index (χ0v) is 16.6. The summed E-state index contributed by atoms with van der Waals surface area (Å²) in [6.45, 7) is 3.34.